The van der Waals surface area contributed by atoms with Crippen LogP contribution in [0.5, 0.6) is 0 Å². The van der Waals surface area contributed by atoms with Gasteiger partial charge in [0.05, 0.1) is 24.1 Å². The molecule has 4 aromatic rings. The maximum absolute atomic E-state index is 12.5. The van der Waals surface area contributed by atoms with Crippen LogP contribution >= 0.6 is 0 Å². The number of nitrogens with zero attached hydrogens (tertiary/aromatic N) is 7. The molecular weight excluding hydrogens is 544 g/mol. The van der Waals surface area contributed by atoms with Crippen LogP contribution in [0.4, 0.5) is 16.4 Å². The third-order valence-corrected chi connectivity index (χ3v) is 7.75. The highest BCUT2D eigenvalue weighted by molar-refractivity contribution is 5.87. The number of aromatic amines is 1. The van der Waals surface area contributed by atoms with Gasteiger partial charge < -0.3 is 24.1 Å². The van der Waals surface area contributed by atoms with Crippen LogP contribution in [0.15, 0.2) is 36.7 Å². The number of carbonyl (C=O) groups excluding carboxylic acids is 2. The molecule has 0 bridgehead atoms. The van der Waals surface area contributed by atoms with Crippen molar-refractivity contribution in [3.8, 4) is 11.3 Å². The molecule has 3 aromatic heterocycles. The fraction of sp³-hybridized carbons (Fsp3) is 0.469. The summed E-state index contributed by atoms with van der Waals surface area (Å²) in [5, 5.41) is 13.3. The van der Waals surface area contributed by atoms with Crippen LogP contribution in [0.25, 0.3) is 11.3 Å². The summed E-state index contributed by atoms with van der Waals surface area (Å²) in [5.41, 5.74) is 6.00. The van der Waals surface area contributed by atoms with Crippen molar-refractivity contribution in [1.82, 2.24) is 34.4 Å². The minimum Gasteiger partial charge on any atom is -0.444 e. The van der Waals surface area contributed by atoms with Crippen molar-refractivity contribution in [1.29, 1.82) is 0 Å². The Kier molecular flexibility index (Phi) is 8.70. The Morgan fingerprint density at radius 2 is 1.98 bits per heavy atom. The number of ether oxygens (including phenoxy) is 1. The number of amides is 1. The predicted octanol–water partition coefficient (Wildman–Crippen LogP) is 5.80. The second-order valence-electron chi connectivity index (χ2n) is 12.2. The van der Waals surface area contributed by atoms with E-state index in [0.717, 1.165) is 72.4 Å². The first-order chi connectivity index (χ1) is 20.6. The van der Waals surface area contributed by atoms with Gasteiger partial charge in [-0.25, -0.2) is 4.79 Å². The first-order valence-corrected chi connectivity index (χ1v) is 15.0. The van der Waals surface area contributed by atoms with E-state index in [1.54, 1.807) is 4.90 Å². The number of unbranched alkanes of at least 4 members (excludes halogenated alkanes) is 2. The molecule has 1 N–H and O–H groups in total. The van der Waals surface area contributed by atoms with E-state index in [2.05, 4.69) is 50.3 Å². The van der Waals surface area contributed by atoms with Gasteiger partial charge in [0.15, 0.2) is 6.29 Å². The van der Waals surface area contributed by atoms with Crippen molar-refractivity contribution in [2.75, 3.05) is 18.0 Å². The van der Waals surface area contributed by atoms with Gasteiger partial charge in [0.2, 0.25) is 5.95 Å². The number of H-pyrrole nitrogens is 1. The van der Waals surface area contributed by atoms with Crippen LogP contribution in [0, 0.1) is 6.92 Å². The van der Waals surface area contributed by atoms with E-state index in [-0.39, 0.29) is 6.09 Å². The molecule has 1 aliphatic heterocycles. The lowest BCUT2D eigenvalue weighted by molar-refractivity contribution is 0.0224. The highest BCUT2D eigenvalue weighted by Crippen LogP contribution is 2.32. The molecule has 0 unspecified atom stereocenters. The van der Waals surface area contributed by atoms with E-state index in [0.29, 0.717) is 31.3 Å². The molecule has 11 nitrogen and oxygen atoms in total. The highest BCUT2D eigenvalue weighted by atomic mass is 16.6. The summed E-state index contributed by atoms with van der Waals surface area (Å²) in [4.78, 5) is 31.8. The minimum atomic E-state index is -0.510. The van der Waals surface area contributed by atoms with E-state index in [1.807, 2.05) is 62.5 Å². The van der Waals surface area contributed by atoms with Crippen molar-refractivity contribution in [2.45, 2.75) is 79.0 Å². The minimum absolute atomic E-state index is 0.271. The summed E-state index contributed by atoms with van der Waals surface area (Å²) in [6, 6.07) is 8.39. The van der Waals surface area contributed by atoms with Crippen LogP contribution in [0.1, 0.15) is 80.0 Å². The molecule has 1 aromatic carbocycles. The molecule has 1 aliphatic rings. The van der Waals surface area contributed by atoms with E-state index in [9.17, 15) is 9.59 Å². The number of aryl methyl sites for hydroxylation is 1. The molecule has 5 rings (SSSR count). The van der Waals surface area contributed by atoms with Gasteiger partial charge in [-0.3, -0.25) is 9.48 Å². The van der Waals surface area contributed by atoms with E-state index >= 15 is 0 Å². The number of hydrogen-bond donors (Lipinski definition) is 1. The second-order valence-corrected chi connectivity index (χ2v) is 12.2. The lowest BCUT2D eigenvalue weighted by atomic mass is 9.97. The SMILES string of the molecule is CCCCCN(c1cc(-c2cnn(Cc3ccc4c(c3)CCN(C(=O)OC(C)(C)C)C4)c2)[nH]c1C=O)c1nnc(C)n1C. The standard InChI is InChI=1S/C32H42N8O3/c1-7-8-9-13-40(30-36-35-22(2)37(30)6)29-16-27(34-28(29)21-41)26-17-33-39(20-26)18-23-10-11-25-19-38(14-12-24(25)15-23)31(42)43-32(3,4)5/h10-11,15-17,20-21,34H,7-9,12-14,18-19H2,1-6H3. The third kappa shape index (κ3) is 6.81. The second kappa shape index (κ2) is 12.4. The molecule has 0 spiro atoms. The van der Waals surface area contributed by atoms with Gasteiger partial charge in [-0.2, -0.15) is 5.10 Å². The molecule has 0 saturated heterocycles. The summed E-state index contributed by atoms with van der Waals surface area (Å²) >= 11 is 0. The summed E-state index contributed by atoms with van der Waals surface area (Å²) in [5.74, 6) is 1.52. The smallest absolute Gasteiger partial charge is 0.410 e. The zero-order chi connectivity index (χ0) is 30.7. The average molecular weight is 587 g/mol. The zero-order valence-electron chi connectivity index (χ0n) is 26.1. The zero-order valence-corrected chi connectivity index (χ0v) is 26.1. The molecule has 0 aliphatic carbocycles. The number of aromatic nitrogens is 6. The fourth-order valence-corrected chi connectivity index (χ4v) is 5.37. The summed E-state index contributed by atoms with van der Waals surface area (Å²) in [6.45, 7) is 12.3. The van der Waals surface area contributed by atoms with Gasteiger partial charge in [0, 0.05) is 38.4 Å². The summed E-state index contributed by atoms with van der Waals surface area (Å²) in [7, 11) is 1.94. The van der Waals surface area contributed by atoms with Crippen molar-refractivity contribution >= 4 is 24.0 Å². The molecular formula is C32H42N8O3. The Hall–Kier alpha value is -4.41. The number of rotatable bonds is 10. The van der Waals surface area contributed by atoms with Gasteiger partial charge in [-0.05, 0) is 63.3 Å². The number of aldehydes is 1. The molecule has 0 radical (unpaired) electrons. The molecule has 43 heavy (non-hydrogen) atoms. The number of nitrogens with one attached hydrogen (secondary N) is 1. The first kappa shape index (κ1) is 30.1. The van der Waals surface area contributed by atoms with Crippen LogP contribution in [0.3, 0.4) is 0 Å². The molecule has 4 heterocycles. The number of benzene rings is 1. The Bertz CT molecular complexity index is 1590. The quantitative estimate of drug-likeness (QED) is 0.185. The van der Waals surface area contributed by atoms with Crippen LogP contribution in [0.2, 0.25) is 0 Å². The highest BCUT2D eigenvalue weighted by Gasteiger charge is 2.26. The van der Waals surface area contributed by atoms with Gasteiger partial charge in [-0.1, -0.05) is 38.0 Å². The number of fused-ring (bicyclic) bond motifs is 1. The normalized spacial score (nSPS) is 13.2. The van der Waals surface area contributed by atoms with Gasteiger partial charge in [0.25, 0.3) is 0 Å². The summed E-state index contributed by atoms with van der Waals surface area (Å²) in [6.07, 6.45) is 8.32. The van der Waals surface area contributed by atoms with E-state index in [4.69, 9.17) is 4.74 Å². The largest absolute Gasteiger partial charge is 0.444 e. The monoisotopic (exact) mass is 586 g/mol. The average Bonchev–Trinajstić information content (AvgIpc) is 3.69. The third-order valence-electron chi connectivity index (χ3n) is 7.75. The lowest BCUT2D eigenvalue weighted by Gasteiger charge is -2.31. The Balaban J connectivity index is 1.32. The molecule has 0 atom stereocenters. The summed E-state index contributed by atoms with van der Waals surface area (Å²) < 4.78 is 9.40. The van der Waals surface area contributed by atoms with Crippen molar-refractivity contribution in [3.63, 3.8) is 0 Å². The maximum Gasteiger partial charge on any atom is 0.410 e. The Morgan fingerprint density at radius 3 is 2.67 bits per heavy atom. The Morgan fingerprint density at radius 1 is 1.16 bits per heavy atom. The van der Waals surface area contributed by atoms with Crippen LogP contribution in [-0.4, -0.2) is 65.5 Å². The lowest BCUT2D eigenvalue weighted by Crippen LogP contribution is -2.39. The van der Waals surface area contributed by atoms with Crippen LogP contribution in [-0.2, 0) is 31.3 Å². The van der Waals surface area contributed by atoms with Gasteiger partial charge in [0.1, 0.15) is 17.1 Å². The van der Waals surface area contributed by atoms with E-state index in [1.165, 1.54) is 5.56 Å². The van der Waals surface area contributed by atoms with Crippen molar-refractivity contribution in [2.24, 2.45) is 7.05 Å². The van der Waals surface area contributed by atoms with Crippen molar-refractivity contribution < 1.29 is 14.3 Å². The van der Waals surface area contributed by atoms with Gasteiger partial charge in [-0.15, -0.1) is 10.2 Å². The molecule has 0 fully saturated rings. The molecule has 0 saturated carbocycles. The van der Waals surface area contributed by atoms with E-state index < -0.39 is 5.60 Å². The number of hydrogen-bond acceptors (Lipinski definition) is 7. The number of anilines is 2. The fourth-order valence-electron chi connectivity index (χ4n) is 5.37. The first-order valence-electron chi connectivity index (χ1n) is 15.0. The van der Waals surface area contributed by atoms with Crippen LogP contribution < -0.4 is 4.90 Å². The topological polar surface area (TPSA) is 114 Å². The maximum atomic E-state index is 12.5. The van der Waals surface area contributed by atoms with Gasteiger partial charge >= 0.3 is 6.09 Å². The number of carbonyl (C=O) groups is 2. The van der Waals surface area contributed by atoms with Crippen molar-refractivity contribution in [3.05, 3.63) is 64.9 Å². The molecule has 11 heteroatoms. The molecule has 228 valence electrons. The molecule has 1 amide bonds. The Labute approximate surface area is 252 Å². The predicted molar refractivity (Wildman–Crippen MR) is 166 cm³/mol.